The molecule has 1 amide bonds. The maximum absolute atomic E-state index is 12.1. The van der Waals surface area contributed by atoms with E-state index in [1.54, 1.807) is 62.8 Å². The Morgan fingerprint density at radius 2 is 1.93 bits per heavy atom. The third-order valence-electron chi connectivity index (χ3n) is 3.81. The van der Waals surface area contributed by atoms with Gasteiger partial charge in [0.15, 0.2) is 5.95 Å². The van der Waals surface area contributed by atoms with Crippen LogP contribution in [0.15, 0.2) is 58.1 Å². The summed E-state index contributed by atoms with van der Waals surface area (Å²) in [7, 11) is 3.14. The Bertz CT molecular complexity index is 943. The van der Waals surface area contributed by atoms with Gasteiger partial charge in [-0.05, 0) is 28.9 Å². The summed E-state index contributed by atoms with van der Waals surface area (Å²) in [6, 6.07) is 14.2. The number of nitrogens with zero attached hydrogens (tertiary/aromatic N) is 2. The van der Waals surface area contributed by atoms with Crippen molar-refractivity contribution in [3.63, 3.8) is 0 Å². The fourth-order valence-corrected chi connectivity index (χ4v) is 3.31. The molecular weight excluding hydrogens is 382 g/mol. The van der Waals surface area contributed by atoms with Crippen molar-refractivity contribution < 1.29 is 28.6 Å². The molecule has 8 nitrogen and oxygen atoms in total. The number of hydrogen-bond acceptors (Lipinski definition) is 7. The van der Waals surface area contributed by atoms with Crippen LogP contribution in [-0.4, -0.2) is 31.2 Å². The molecule has 3 rings (SSSR count). The number of anilines is 1. The molecule has 9 heteroatoms. The van der Waals surface area contributed by atoms with Gasteiger partial charge in [-0.15, -0.1) is 0 Å². The molecule has 0 saturated heterocycles. The highest BCUT2D eigenvalue weighted by Gasteiger charge is 2.21. The van der Waals surface area contributed by atoms with Crippen LogP contribution in [0.25, 0.3) is 5.69 Å². The topological polar surface area (TPSA) is 101 Å². The van der Waals surface area contributed by atoms with E-state index >= 15 is 0 Å². The summed E-state index contributed by atoms with van der Waals surface area (Å²) in [4.78, 5) is 12.1. The molecule has 3 aromatic rings. The van der Waals surface area contributed by atoms with Gasteiger partial charge >= 0.3 is 0 Å². The Labute approximate surface area is 166 Å². The lowest BCUT2D eigenvalue weighted by molar-refractivity contribution is -0.705. The monoisotopic (exact) mass is 401 g/mol. The van der Waals surface area contributed by atoms with Crippen molar-refractivity contribution in [2.75, 3.05) is 25.3 Å². The summed E-state index contributed by atoms with van der Waals surface area (Å²) in [5, 5.41) is 18.8. The second kappa shape index (κ2) is 9.14. The third-order valence-corrected chi connectivity index (χ3v) is 4.83. The van der Waals surface area contributed by atoms with Gasteiger partial charge in [-0.1, -0.05) is 17.8 Å². The SMILES string of the molecule is COc1ccc(-[n+]2noc([O-])c2SCCC(=O)Nc2cccc(OC)c2)cc1. The first kappa shape index (κ1) is 19.6. The molecule has 0 spiro atoms. The van der Waals surface area contributed by atoms with Crippen LogP contribution in [0.1, 0.15) is 6.42 Å². The largest absolute Gasteiger partial charge is 0.538 e. The van der Waals surface area contributed by atoms with Gasteiger partial charge in [0.2, 0.25) is 11.6 Å². The Morgan fingerprint density at radius 1 is 1.18 bits per heavy atom. The molecule has 0 unspecified atom stereocenters. The standard InChI is InChI=1S/C19H19N3O5S/c1-25-15-8-6-14(7-9-15)22-18(19(24)27-21-22)28-11-10-17(23)20-13-4-3-5-16(12-13)26-2/h3-9,12H,10-11H2,1-2H3,(H-,20,21,23,24). The zero-order valence-electron chi connectivity index (χ0n) is 15.4. The van der Waals surface area contributed by atoms with E-state index in [0.717, 1.165) is 0 Å². The van der Waals surface area contributed by atoms with Gasteiger partial charge in [-0.2, -0.15) is 0 Å². The summed E-state index contributed by atoms with van der Waals surface area (Å²) >= 11 is 1.21. The summed E-state index contributed by atoms with van der Waals surface area (Å²) < 4.78 is 16.4. The van der Waals surface area contributed by atoms with E-state index < -0.39 is 5.95 Å². The maximum Gasteiger partial charge on any atom is 0.297 e. The molecule has 0 aliphatic heterocycles. The molecule has 0 bridgehead atoms. The second-order valence-corrected chi connectivity index (χ2v) is 6.74. The Kier molecular flexibility index (Phi) is 6.38. The lowest BCUT2D eigenvalue weighted by Gasteiger charge is -2.06. The third kappa shape index (κ3) is 4.74. The number of carbonyl (C=O) groups is 1. The van der Waals surface area contributed by atoms with Gasteiger partial charge in [0.1, 0.15) is 11.5 Å². The van der Waals surface area contributed by atoms with E-state index in [1.807, 2.05) is 0 Å². The van der Waals surface area contributed by atoms with Crippen LogP contribution >= 0.6 is 11.8 Å². The molecular formula is C19H19N3O5S. The molecule has 0 radical (unpaired) electrons. The Morgan fingerprint density at radius 3 is 2.64 bits per heavy atom. The molecule has 0 fully saturated rings. The second-order valence-electron chi connectivity index (χ2n) is 5.65. The Balaban J connectivity index is 1.60. The van der Waals surface area contributed by atoms with E-state index in [2.05, 4.69) is 10.6 Å². The highest BCUT2D eigenvalue weighted by molar-refractivity contribution is 7.99. The summed E-state index contributed by atoms with van der Waals surface area (Å²) in [5.74, 6) is 1.03. The average molecular weight is 401 g/mol. The van der Waals surface area contributed by atoms with Gasteiger partial charge in [0, 0.05) is 36.1 Å². The zero-order valence-corrected chi connectivity index (χ0v) is 16.2. The predicted octanol–water partition coefficient (Wildman–Crippen LogP) is 2.16. The molecule has 1 N–H and O–H groups in total. The number of amides is 1. The molecule has 1 aromatic heterocycles. The van der Waals surface area contributed by atoms with Crippen LogP contribution < -0.4 is 24.6 Å². The summed E-state index contributed by atoms with van der Waals surface area (Å²) in [6.07, 6.45) is 0.217. The summed E-state index contributed by atoms with van der Waals surface area (Å²) in [5.41, 5.74) is 1.31. The van der Waals surface area contributed by atoms with Crippen LogP contribution in [0.3, 0.4) is 0 Å². The van der Waals surface area contributed by atoms with E-state index in [1.165, 1.54) is 16.4 Å². The maximum atomic E-state index is 12.1. The van der Waals surface area contributed by atoms with Crippen molar-refractivity contribution in [3.8, 4) is 23.1 Å². The number of methoxy groups -OCH3 is 2. The number of aromatic nitrogens is 2. The van der Waals surface area contributed by atoms with Crippen LogP contribution in [-0.2, 0) is 4.79 Å². The van der Waals surface area contributed by atoms with E-state index in [4.69, 9.17) is 14.0 Å². The van der Waals surface area contributed by atoms with Crippen LogP contribution in [0, 0.1) is 0 Å². The highest BCUT2D eigenvalue weighted by atomic mass is 32.2. The van der Waals surface area contributed by atoms with Gasteiger partial charge in [0.05, 0.1) is 19.5 Å². The van der Waals surface area contributed by atoms with Crippen molar-refractivity contribution in [2.24, 2.45) is 0 Å². The van der Waals surface area contributed by atoms with Crippen LogP contribution in [0.5, 0.6) is 17.4 Å². The highest BCUT2D eigenvalue weighted by Crippen LogP contribution is 2.24. The van der Waals surface area contributed by atoms with Gasteiger partial charge in [-0.25, -0.2) is 0 Å². The minimum absolute atomic E-state index is 0.166. The molecule has 0 aliphatic rings. The number of rotatable bonds is 8. The Hall–Kier alpha value is -3.20. The molecule has 0 atom stereocenters. The van der Waals surface area contributed by atoms with Gasteiger partial charge < -0.3 is 24.4 Å². The quantitative estimate of drug-likeness (QED) is 0.456. The van der Waals surface area contributed by atoms with Gasteiger partial charge in [0.25, 0.3) is 5.03 Å². The lowest BCUT2D eigenvalue weighted by Crippen LogP contribution is -2.34. The minimum atomic E-state index is -0.547. The molecule has 0 aliphatic carbocycles. The van der Waals surface area contributed by atoms with Gasteiger partial charge in [-0.3, -0.25) is 4.79 Å². The fraction of sp³-hybridized carbons (Fsp3) is 0.211. The number of nitrogens with one attached hydrogen (secondary N) is 1. The minimum Gasteiger partial charge on any atom is -0.538 e. The first-order valence-electron chi connectivity index (χ1n) is 8.41. The normalized spacial score (nSPS) is 10.5. The van der Waals surface area contributed by atoms with Crippen molar-refractivity contribution in [1.82, 2.24) is 5.27 Å². The van der Waals surface area contributed by atoms with E-state index in [0.29, 0.717) is 33.7 Å². The number of hydrogen-bond donors (Lipinski definition) is 1. The van der Waals surface area contributed by atoms with Crippen LogP contribution in [0.2, 0.25) is 0 Å². The van der Waals surface area contributed by atoms with Crippen LogP contribution in [0.4, 0.5) is 5.69 Å². The molecule has 2 aromatic carbocycles. The van der Waals surface area contributed by atoms with Crippen molar-refractivity contribution >= 4 is 23.4 Å². The molecule has 0 saturated carbocycles. The predicted molar refractivity (Wildman–Crippen MR) is 101 cm³/mol. The first-order chi connectivity index (χ1) is 13.6. The average Bonchev–Trinajstić information content (AvgIpc) is 3.08. The van der Waals surface area contributed by atoms with Crippen molar-refractivity contribution in [2.45, 2.75) is 11.4 Å². The molecule has 1 heterocycles. The van der Waals surface area contributed by atoms with E-state index in [9.17, 15) is 9.90 Å². The smallest absolute Gasteiger partial charge is 0.297 e. The number of thioether (sulfide) groups is 1. The summed E-state index contributed by atoms with van der Waals surface area (Å²) in [6.45, 7) is 0. The molecule has 28 heavy (non-hydrogen) atoms. The van der Waals surface area contributed by atoms with Crippen molar-refractivity contribution in [1.29, 1.82) is 0 Å². The molecule has 146 valence electrons. The number of ether oxygens (including phenoxy) is 2. The lowest BCUT2D eigenvalue weighted by atomic mass is 10.3. The fourth-order valence-electron chi connectivity index (χ4n) is 2.41. The zero-order chi connectivity index (χ0) is 19.9. The first-order valence-corrected chi connectivity index (χ1v) is 9.39. The number of carbonyl (C=O) groups excluding carboxylic acids is 1. The number of benzene rings is 2. The van der Waals surface area contributed by atoms with E-state index in [-0.39, 0.29) is 12.3 Å². The van der Waals surface area contributed by atoms with Crippen molar-refractivity contribution in [3.05, 3.63) is 48.5 Å².